The molecule has 1 aromatic carbocycles. The van der Waals surface area contributed by atoms with E-state index < -0.39 is 0 Å². The lowest BCUT2D eigenvalue weighted by atomic mass is 9.93. The standard InChI is InChI=1S/C13H20BrNO/c1-13(2,3)7-8-16-12-6-4-5-11(14)10(12)9-15/h4-6H,7-9,15H2,1-3H3. The van der Waals surface area contributed by atoms with Crippen molar-refractivity contribution in [2.75, 3.05) is 6.61 Å². The summed E-state index contributed by atoms with van der Waals surface area (Å²) in [5.41, 5.74) is 7.04. The molecule has 0 aliphatic rings. The van der Waals surface area contributed by atoms with Crippen molar-refractivity contribution in [3.05, 3.63) is 28.2 Å². The Morgan fingerprint density at radius 3 is 2.56 bits per heavy atom. The highest BCUT2D eigenvalue weighted by molar-refractivity contribution is 9.10. The monoisotopic (exact) mass is 285 g/mol. The molecule has 0 bridgehead atoms. The number of rotatable bonds is 4. The number of benzene rings is 1. The molecule has 0 aliphatic heterocycles. The third kappa shape index (κ3) is 4.14. The minimum absolute atomic E-state index is 0.300. The molecule has 2 N–H and O–H groups in total. The molecule has 1 rings (SSSR count). The first-order valence-corrected chi connectivity index (χ1v) is 6.33. The topological polar surface area (TPSA) is 35.2 Å². The van der Waals surface area contributed by atoms with Crippen LogP contribution in [0, 0.1) is 5.41 Å². The first-order valence-electron chi connectivity index (χ1n) is 5.54. The van der Waals surface area contributed by atoms with E-state index in [0.717, 1.165) is 28.8 Å². The highest BCUT2D eigenvalue weighted by Crippen LogP contribution is 2.27. The highest BCUT2D eigenvalue weighted by Gasteiger charge is 2.11. The molecule has 0 saturated heterocycles. The summed E-state index contributed by atoms with van der Waals surface area (Å²) in [4.78, 5) is 0. The van der Waals surface area contributed by atoms with E-state index in [9.17, 15) is 0 Å². The number of ether oxygens (including phenoxy) is 1. The fourth-order valence-electron chi connectivity index (χ4n) is 1.34. The van der Waals surface area contributed by atoms with E-state index in [-0.39, 0.29) is 0 Å². The molecule has 0 amide bonds. The summed E-state index contributed by atoms with van der Waals surface area (Å²) in [5.74, 6) is 0.890. The molecular weight excluding hydrogens is 266 g/mol. The van der Waals surface area contributed by atoms with Gasteiger partial charge in [0.2, 0.25) is 0 Å². The molecule has 0 unspecified atom stereocenters. The maximum atomic E-state index is 5.77. The molecule has 2 nitrogen and oxygen atoms in total. The summed E-state index contributed by atoms with van der Waals surface area (Å²) in [6.07, 6.45) is 1.03. The van der Waals surface area contributed by atoms with Gasteiger partial charge >= 0.3 is 0 Å². The molecule has 0 heterocycles. The van der Waals surface area contributed by atoms with E-state index in [0.29, 0.717) is 12.0 Å². The van der Waals surface area contributed by atoms with Crippen LogP contribution >= 0.6 is 15.9 Å². The average Bonchev–Trinajstić information content (AvgIpc) is 2.16. The molecule has 1 aromatic rings. The van der Waals surface area contributed by atoms with E-state index in [1.165, 1.54) is 0 Å². The second kappa shape index (κ2) is 5.69. The van der Waals surface area contributed by atoms with Crippen molar-refractivity contribution >= 4 is 15.9 Å². The van der Waals surface area contributed by atoms with Crippen LogP contribution in [-0.2, 0) is 6.54 Å². The van der Waals surface area contributed by atoms with Gasteiger partial charge in [-0.1, -0.05) is 42.8 Å². The van der Waals surface area contributed by atoms with Crippen LogP contribution in [0.15, 0.2) is 22.7 Å². The second-order valence-corrected chi connectivity index (χ2v) is 5.93. The maximum Gasteiger partial charge on any atom is 0.124 e. The van der Waals surface area contributed by atoms with Gasteiger partial charge in [-0.3, -0.25) is 0 Å². The van der Waals surface area contributed by atoms with Gasteiger partial charge in [0.25, 0.3) is 0 Å². The average molecular weight is 286 g/mol. The zero-order valence-electron chi connectivity index (χ0n) is 10.2. The van der Waals surface area contributed by atoms with Gasteiger partial charge in [0.15, 0.2) is 0 Å². The summed E-state index contributed by atoms with van der Waals surface area (Å²) in [5, 5.41) is 0. The van der Waals surface area contributed by atoms with Gasteiger partial charge in [0, 0.05) is 16.6 Å². The molecule has 0 aromatic heterocycles. The van der Waals surface area contributed by atoms with Crippen LogP contribution in [0.5, 0.6) is 5.75 Å². The quantitative estimate of drug-likeness (QED) is 0.915. The third-order valence-corrected chi connectivity index (χ3v) is 3.13. The first kappa shape index (κ1) is 13.5. The van der Waals surface area contributed by atoms with Crippen molar-refractivity contribution in [2.24, 2.45) is 11.1 Å². The van der Waals surface area contributed by atoms with Crippen molar-refractivity contribution in [2.45, 2.75) is 33.7 Å². The Labute approximate surface area is 106 Å². The molecular formula is C13H20BrNO. The Bertz CT molecular complexity index is 344. The Balaban J connectivity index is 2.64. The van der Waals surface area contributed by atoms with Crippen LogP contribution in [0.25, 0.3) is 0 Å². The lowest BCUT2D eigenvalue weighted by Crippen LogP contribution is -2.12. The molecule has 90 valence electrons. The number of hydrogen-bond acceptors (Lipinski definition) is 2. The van der Waals surface area contributed by atoms with E-state index in [4.69, 9.17) is 10.5 Å². The van der Waals surface area contributed by atoms with Gasteiger partial charge in [0.1, 0.15) is 5.75 Å². The summed E-state index contributed by atoms with van der Waals surface area (Å²) < 4.78 is 6.79. The molecule has 16 heavy (non-hydrogen) atoms. The van der Waals surface area contributed by atoms with Gasteiger partial charge in [0.05, 0.1) is 6.61 Å². The van der Waals surface area contributed by atoms with Crippen molar-refractivity contribution < 1.29 is 4.74 Å². The largest absolute Gasteiger partial charge is 0.493 e. The number of hydrogen-bond donors (Lipinski definition) is 1. The van der Waals surface area contributed by atoms with Gasteiger partial charge in [-0.2, -0.15) is 0 Å². The van der Waals surface area contributed by atoms with Crippen molar-refractivity contribution in [3.8, 4) is 5.75 Å². The molecule has 0 aliphatic carbocycles. The van der Waals surface area contributed by atoms with E-state index >= 15 is 0 Å². The predicted molar refractivity (Wildman–Crippen MR) is 71.6 cm³/mol. The van der Waals surface area contributed by atoms with E-state index in [1.54, 1.807) is 0 Å². The molecule has 0 saturated carbocycles. The second-order valence-electron chi connectivity index (χ2n) is 5.08. The highest BCUT2D eigenvalue weighted by atomic mass is 79.9. The summed E-state index contributed by atoms with van der Waals surface area (Å²) in [6.45, 7) is 7.85. The smallest absolute Gasteiger partial charge is 0.124 e. The van der Waals surface area contributed by atoms with Crippen LogP contribution in [0.1, 0.15) is 32.8 Å². The van der Waals surface area contributed by atoms with Gasteiger partial charge in [-0.05, 0) is 24.0 Å². The fraction of sp³-hybridized carbons (Fsp3) is 0.538. The van der Waals surface area contributed by atoms with E-state index in [2.05, 4.69) is 36.7 Å². The third-order valence-electron chi connectivity index (χ3n) is 2.39. The van der Waals surface area contributed by atoms with Crippen LogP contribution < -0.4 is 10.5 Å². The zero-order valence-corrected chi connectivity index (χ0v) is 11.8. The lowest BCUT2D eigenvalue weighted by Gasteiger charge is -2.19. The number of halogens is 1. The Kier molecular flexibility index (Phi) is 4.81. The van der Waals surface area contributed by atoms with Gasteiger partial charge < -0.3 is 10.5 Å². The summed E-state index contributed by atoms with van der Waals surface area (Å²) >= 11 is 3.48. The number of nitrogens with two attached hydrogens (primary N) is 1. The Morgan fingerprint density at radius 2 is 2.00 bits per heavy atom. The van der Waals surface area contributed by atoms with E-state index in [1.807, 2.05) is 18.2 Å². The SMILES string of the molecule is CC(C)(C)CCOc1cccc(Br)c1CN. The fourth-order valence-corrected chi connectivity index (χ4v) is 1.85. The maximum absolute atomic E-state index is 5.77. The molecule has 0 spiro atoms. The summed E-state index contributed by atoms with van der Waals surface area (Å²) in [6, 6.07) is 5.92. The van der Waals surface area contributed by atoms with Crippen LogP contribution in [0.3, 0.4) is 0 Å². The minimum Gasteiger partial charge on any atom is -0.493 e. The minimum atomic E-state index is 0.300. The summed E-state index contributed by atoms with van der Waals surface area (Å²) in [7, 11) is 0. The van der Waals surface area contributed by atoms with Crippen LogP contribution in [0.4, 0.5) is 0 Å². The lowest BCUT2D eigenvalue weighted by molar-refractivity contribution is 0.241. The van der Waals surface area contributed by atoms with Gasteiger partial charge in [-0.15, -0.1) is 0 Å². The Morgan fingerprint density at radius 1 is 1.31 bits per heavy atom. The van der Waals surface area contributed by atoms with Gasteiger partial charge in [-0.25, -0.2) is 0 Å². The Hall–Kier alpha value is -0.540. The predicted octanol–water partition coefficient (Wildman–Crippen LogP) is 3.72. The van der Waals surface area contributed by atoms with Crippen LogP contribution in [-0.4, -0.2) is 6.61 Å². The normalized spacial score (nSPS) is 11.6. The van der Waals surface area contributed by atoms with Crippen molar-refractivity contribution in [3.63, 3.8) is 0 Å². The molecule has 0 radical (unpaired) electrons. The molecule has 0 fully saturated rings. The van der Waals surface area contributed by atoms with Crippen molar-refractivity contribution in [1.82, 2.24) is 0 Å². The molecule has 0 atom stereocenters. The molecule has 3 heteroatoms. The zero-order chi connectivity index (χ0) is 12.2. The van der Waals surface area contributed by atoms with Crippen LogP contribution in [0.2, 0.25) is 0 Å². The van der Waals surface area contributed by atoms with Crippen molar-refractivity contribution in [1.29, 1.82) is 0 Å². The first-order chi connectivity index (χ1) is 7.44.